The Morgan fingerprint density at radius 1 is 1.40 bits per heavy atom. The van der Waals surface area contributed by atoms with E-state index in [1.807, 2.05) is 0 Å². The number of rotatable bonds is 3. The zero-order valence-electron chi connectivity index (χ0n) is 8.63. The van der Waals surface area contributed by atoms with Gasteiger partial charge in [-0.1, -0.05) is 6.92 Å². The van der Waals surface area contributed by atoms with E-state index in [2.05, 4.69) is 5.32 Å². The maximum Gasteiger partial charge on any atom is 0.224 e. The van der Waals surface area contributed by atoms with Gasteiger partial charge in [-0.2, -0.15) is 0 Å². The second kappa shape index (κ2) is 4.68. The molecule has 1 rings (SSSR count). The molecular weight excluding hydrogens is 197 g/mol. The van der Waals surface area contributed by atoms with Gasteiger partial charge in [-0.3, -0.25) is 9.59 Å². The predicted octanol–water partition coefficient (Wildman–Crippen LogP) is 2.38. The molecule has 0 saturated heterocycles. The quantitative estimate of drug-likeness (QED) is 0.777. The fourth-order valence-corrected chi connectivity index (χ4v) is 1.08. The summed E-state index contributed by atoms with van der Waals surface area (Å²) in [5, 5.41) is 2.39. The highest BCUT2D eigenvalue weighted by molar-refractivity contribution is 5.97. The Balaban J connectivity index is 3.00. The summed E-state index contributed by atoms with van der Waals surface area (Å²) < 4.78 is 13.2. The van der Waals surface area contributed by atoms with Gasteiger partial charge in [0.1, 0.15) is 5.82 Å². The molecular formula is C11H12FNO2. The first kappa shape index (κ1) is 11.4. The lowest BCUT2D eigenvalue weighted by atomic mass is 10.1. The highest BCUT2D eigenvalue weighted by atomic mass is 19.1. The van der Waals surface area contributed by atoms with E-state index >= 15 is 0 Å². The molecule has 3 nitrogen and oxygen atoms in total. The molecule has 0 unspecified atom stereocenters. The first-order valence-electron chi connectivity index (χ1n) is 4.65. The van der Waals surface area contributed by atoms with Crippen molar-refractivity contribution >= 4 is 17.4 Å². The van der Waals surface area contributed by atoms with Crippen LogP contribution in [-0.4, -0.2) is 11.7 Å². The number of Topliss-reactive ketones (excluding diaryl/α,β-unsaturated/α-hetero) is 1. The highest BCUT2D eigenvalue weighted by Crippen LogP contribution is 2.16. The van der Waals surface area contributed by atoms with Crippen molar-refractivity contribution in [2.45, 2.75) is 20.3 Å². The Hall–Kier alpha value is -1.71. The third kappa shape index (κ3) is 2.87. The summed E-state index contributed by atoms with van der Waals surface area (Å²) in [6, 6.07) is 3.90. The first-order valence-corrected chi connectivity index (χ1v) is 4.65. The van der Waals surface area contributed by atoms with Crippen LogP contribution in [0.25, 0.3) is 0 Å². The molecule has 1 amide bonds. The molecule has 0 heterocycles. The number of carbonyl (C=O) groups excluding carboxylic acids is 2. The number of anilines is 1. The zero-order chi connectivity index (χ0) is 11.4. The summed E-state index contributed by atoms with van der Waals surface area (Å²) in [5.41, 5.74) is 0.428. The lowest BCUT2D eigenvalue weighted by Crippen LogP contribution is -2.11. The van der Waals surface area contributed by atoms with Crippen molar-refractivity contribution in [1.29, 1.82) is 0 Å². The van der Waals surface area contributed by atoms with Crippen LogP contribution in [0.15, 0.2) is 18.2 Å². The predicted molar refractivity (Wildman–Crippen MR) is 55.3 cm³/mol. The van der Waals surface area contributed by atoms with Crippen LogP contribution < -0.4 is 5.32 Å². The van der Waals surface area contributed by atoms with Crippen LogP contribution in [0.3, 0.4) is 0 Å². The molecule has 0 aliphatic heterocycles. The summed E-state index contributed by atoms with van der Waals surface area (Å²) in [5.74, 6) is -0.988. The average molecular weight is 209 g/mol. The van der Waals surface area contributed by atoms with Crippen molar-refractivity contribution in [1.82, 2.24) is 0 Å². The summed E-state index contributed by atoms with van der Waals surface area (Å²) >= 11 is 0. The van der Waals surface area contributed by atoms with Gasteiger partial charge in [0.25, 0.3) is 0 Å². The molecule has 0 aromatic heterocycles. The van der Waals surface area contributed by atoms with Gasteiger partial charge in [0.15, 0.2) is 5.78 Å². The topological polar surface area (TPSA) is 46.2 Å². The van der Waals surface area contributed by atoms with Crippen LogP contribution in [0.1, 0.15) is 30.6 Å². The van der Waals surface area contributed by atoms with E-state index in [9.17, 15) is 14.0 Å². The molecule has 0 spiro atoms. The molecule has 0 atom stereocenters. The Morgan fingerprint density at radius 2 is 2.07 bits per heavy atom. The average Bonchev–Trinajstić information content (AvgIpc) is 2.20. The van der Waals surface area contributed by atoms with E-state index < -0.39 is 5.82 Å². The lowest BCUT2D eigenvalue weighted by Gasteiger charge is -2.06. The minimum absolute atomic E-state index is 0.0505. The smallest absolute Gasteiger partial charge is 0.224 e. The molecule has 0 aliphatic carbocycles. The van der Waals surface area contributed by atoms with Crippen LogP contribution in [0.2, 0.25) is 0 Å². The molecule has 1 aromatic carbocycles. The number of ketones is 1. The Morgan fingerprint density at radius 3 is 2.60 bits per heavy atom. The number of hydrogen-bond donors (Lipinski definition) is 1. The van der Waals surface area contributed by atoms with Gasteiger partial charge in [-0.05, 0) is 25.1 Å². The van der Waals surface area contributed by atoms with Gasteiger partial charge in [-0.15, -0.1) is 0 Å². The number of nitrogens with one attached hydrogen (secondary N) is 1. The largest absolute Gasteiger partial charge is 0.324 e. The van der Waals surface area contributed by atoms with Gasteiger partial charge < -0.3 is 5.32 Å². The summed E-state index contributed by atoms with van der Waals surface area (Å²) in [6.45, 7) is 3.06. The fraction of sp³-hybridized carbons (Fsp3) is 0.273. The van der Waals surface area contributed by atoms with Crippen LogP contribution in [0.5, 0.6) is 0 Å². The molecule has 1 N–H and O–H groups in total. The van der Waals surface area contributed by atoms with E-state index in [1.165, 1.54) is 25.1 Å². The second-order valence-corrected chi connectivity index (χ2v) is 3.15. The van der Waals surface area contributed by atoms with Gasteiger partial charge in [-0.25, -0.2) is 4.39 Å². The van der Waals surface area contributed by atoms with E-state index in [-0.39, 0.29) is 23.8 Å². The molecule has 4 heteroatoms. The Kier molecular flexibility index (Phi) is 3.55. The molecule has 0 aliphatic rings. The standard InChI is InChI=1S/C11H12FNO2/c1-3-11(15)13-10-6-8(7(2)14)4-5-9(10)12/h4-6H,3H2,1-2H3,(H,13,15). The zero-order valence-corrected chi connectivity index (χ0v) is 8.63. The van der Waals surface area contributed by atoms with E-state index in [4.69, 9.17) is 0 Å². The van der Waals surface area contributed by atoms with Gasteiger partial charge in [0.05, 0.1) is 5.69 Å². The monoisotopic (exact) mass is 209 g/mol. The fourth-order valence-electron chi connectivity index (χ4n) is 1.08. The van der Waals surface area contributed by atoms with E-state index in [1.54, 1.807) is 6.92 Å². The maximum atomic E-state index is 13.2. The van der Waals surface area contributed by atoms with Crippen molar-refractivity contribution < 1.29 is 14.0 Å². The minimum Gasteiger partial charge on any atom is -0.324 e. The molecule has 1 aromatic rings. The Labute approximate surface area is 87.3 Å². The van der Waals surface area contributed by atoms with E-state index in [0.717, 1.165) is 0 Å². The summed E-state index contributed by atoms with van der Waals surface area (Å²) in [6.07, 6.45) is 0.268. The third-order valence-corrected chi connectivity index (χ3v) is 1.97. The molecule has 80 valence electrons. The normalized spacial score (nSPS) is 9.80. The number of hydrogen-bond acceptors (Lipinski definition) is 2. The van der Waals surface area contributed by atoms with Crippen molar-refractivity contribution in [3.63, 3.8) is 0 Å². The Bertz CT molecular complexity index is 402. The third-order valence-electron chi connectivity index (χ3n) is 1.97. The number of carbonyl (C=O) groups is 2. The molecule has 0 saturated carbocycles. The highest BCUT2D eigenvalue weighted by Gasteiger charge is 2.08. The van der Waals surface area contributed by atoms with Crippen molar-refractivity contribution in [3.8, 4) is 0 Å². The van der Waals surface area contributed by atoms with Crippen LogP contribution >= 0.6 is 0 Å². The summed E-state index contributed by atoms with van der Waals surface area (Å²) in [4.78, 5) is 22.1. The first-order chi connectivity index (χ1) is 7.04. The summed E-state index contributed by atoms with van der Waals surface area (Å²) in [7, 11) is 0. The minimum atomic E-state index is -0.540. The maximum absolute atomic E-state index is 13.2. The number of amides is 1. The van der Waals surface area contributed by atoms with E-state index in [0.29, 0.717) is 5.56 Å². The van der Waals surface area contributed by atoms with Gasteiger partial charge >= 0.3 is 0 Å². The molecule has 0 fully saturated rings. The van der Waals surface area contributed by atoms with Crippen molar-refractivity contribution in [2.24, 2.45) is 0 Å². The SMILES string of the molecule is CCC(=O)Nc1cc(C(C)=O)ccc1F. The number of benzene rings is 1. The number of halogens is 1. The van der Waals surface area contributed by atoms with Crippen molar-refractivity contribution in [2.75, 3.05) is 5.32 Å². The van der Waals surface area contributed by atoms with Crippen LogP contribution in [0.4, 0.5) is 10.1 Å². The second-order valence-electron chi connectivity index (χ2n) is 3.15. The molecule has 0 radical (unpaired) electrons. The molecule has 15 heavy (non-hydrogen) atoms. The molecule has 0 bridgehead atoms. The lowest BCUT2D eigenvalue weighted by molar-refractivity contribution is -0.115. The van der Waals surface area contributed by atoms with Crippen molar-refractivity contribution in [3.05, 3.63) is 29.6 Å². The van der Waals surface area contributed by atoms with Gasteiger partial charge in [0, 0.05) is 12.0 Å². The van der Waals surface area contributed by atoms with Crippen LogP contribution in [-0.2, 0) is 4.79 Å². The van der Waals surface area contributed by atoms with Gasteiger partial charge in [0.2, 0.25) is 5.91 Å². The van der Waals surface area contributed by atoms with Crippen LogP contribution in [0, 0.1) is 5.82 Å².